The first-order chi connectivity index (χ1) is 7.49. The molecule has 0 aliphatic rings. The lowest BCUT2D eigenvalue weighted by Gasteiger charge is -2.27. The van der Waals surface area contributed by atoms with Gasteiger partial charge in [0, 0.05) is 13.1 Å². The summed E-state index contributed by atoms with van der Waals surface area (Å²) in [7, 11) is 0. The number of hydrogen-bond donors (Lipinski definition) is 0. The third-order valence-electron chi connectivity index (χ3n) is 2.66. The molecule has 3 heteroatoms. The van der Waals surface area contributed by atoms with Crippen molar-refractivity contribution >= 4 is 5.91 Å². The molecule has 0 aliphatic carbocycles. The molecule has 3 nitrogen and oxygen atoms in total. The normalized spacial score (nSPS) is 10.9. The van der Waals surface area contributed by atoms with Gasteiger partial charge in [0.1, 0.15) is 5.41 Å². The largest absolute Gasteiger partial charge is 0.341 e. The van der Waals surface area contributed by atoms with E-state index in [0.29, 0.717) is 0 Å². The van der Waals surface area contributed by atoms with Crippen LogP contribution in [-0.2, 0) is 4.79 Å². The Morgan fingerprint density at radius 1 is 1.19 bits per heavy atom. The van der Waals surface area contributed by atoms with Gasteiger partial charge < -0.3 is 4.90 Å². The van der Waals surface area contributed by atoms with Gasteiger partial charge in [0.15, 0.2) is 0 Å². The molecule has 16 heavy (non-hydrogen) atoms. The summed E-state index contributed by atoms with van der Waals surface area (Å²) in [6.45, 7) is 9.16. The van der Waals surface area contributed by atoms with Crippen molar-refractivity contribution in [2.24, 2.45) is 5.41 Å². The molecule has 0 spiro atoms. The maximum atomic E-state index is 12.1. The summed E-state index contributed by atoms with van der Waals surface area (Å²) in [6, 6.07) is 2.08. The van der Waals surface area contributed by atoms with Crippen LogP contribution in [0.3, 0.4) is 0 Å². The zero-order chi connectivity index (χ0) is 12.6. The fraction of sp³-hybridized carbons (Fsp3) is 0.846. The Labute approximate surface area is 99.4 Å². The maximum absolute atomic E-state index is 12.1. The zero-order valence-corrected chi connectivity index (χ0v) is 11.0. The van der Waals surface area contributed by atoms with Crippen molar-refractivity contribution in [2.45, 2.75) is 53.4 Å². The van der Waals surface area contributed by atoms with Crippen LogP contribution in [0.1, 0.15) is 53.4 Å². The Hall–Kier alpha value is -1.04. The molecule has 0 aromatic carbocycles. The second-order valence-electron chi connectivity index (χ2n) is 4.74. The second kappa shape index (κ2) is 7.27. The van der Waals surface area contributed by atoms with Gasteiger partial charge in [-0.1, -0.05) is 26.7 Å². The number of nitriles is 1. The Kier molecular flexibility index (Phi) is 6.80. The Bertz CT molecular complexity index is 245. The highest BCUT2D eigenvalue weighted by molar-refractivity contribution is 5.84. The van der Waals surface area contributed by atoms with Crippen LogP contribution < -0.4 is 0 Å². The molecule has 0 aromatic heterocycles. The minimum atomic E-state index is -0.887. The first kappa shape index (κ1) is 15.0. The molecular formula is C13H24N2O. The molecule has 0 saturated heterocycles. The molecule has 0 bridgehead atoms. The van der Waals surface area contributed by atoms with E-state index in [1.54, 1.807) is 13.8 Å². The average molecular weight is 224 g/mol. The summed E-state index contributed by atoms with van der Waals surface area (Å²) in [4.78, 5) is 14.0. The van der Waals surface area contributed by atoms with Crippen LogP contribution in [0.2, 0.25) is 0 Å². The van der Waals surface area contributed by atoms with E-state index in [2.05, 4.69) is 19.9 Å². The molecule has 0 saturated carbocycles. The Morgan fingerprint density at radius 3 is 1.94 bits per heavy atom. The number of amides is 1. The predicted molar refractivity (Wildman–Crippen MR) is 65.8 cm³/mol. The summed E-state index contributed by atoms with van der Waals surface area (Å²) >= 11 is 0. The molecule has 92 valence electrons. The van der Waals surface area contributed by atoms with Crippen molar-refractivity contribution in [3.63, 3.8) is 0 Å². The van der Waals surface area contributed by atoms with Crippen molar-refractivity contribution in [1.29, 1.82) is 5.26 Å². The van der Waals surface area contributed by atoms with E-state index in [-0.39, 0.29) is 5.91 Å². The van der Waals surface area contributed by atoms with Crippen molar-refractivity contribution in [1.82, 2.24) is 4.90 Å². The van der Waals surface area contributed by atoms with E-state index in [1.807, 2.05) is 4.90 Å². The van der Waals surface area contributed by atoms with Gasteiger partial charge in [0.2, 0.25) is 5.91 Å². The van der Waals surface area contributed by atoms with Crippen LogP contribution in [0.4, 0.5) is 0 Å². The fourth-order valence-corrected chi connectivity index (χ4v) is 1.46. The standard InChI is InChI=1S/C13H24N2O/c1-5-7-9-15(10-8-6-2)12(16)13(3,4)11-14/h5-10H2,1-4H3. The molecular weight excluding hydrogens is 200 g/mol. The van der Waals surface area contributed by atoms with Gasteiger partial charge in [-0.25, -0.2) is 0 Å². The first-order valence-corrected chi connectivity index (χ1v) is 6.20. The molecule has 1 amide bonds. The molecule has 0 atom stereocenters. The lowest BCUT2D eigenvalue weighted by Crippen LogP contribution is -2.41. The van der Waals surface area contributed by atoms with E-state index in [4.69, 9.17) is 5.26 Å². The number of nitrogens with zero attached hydrogens (tertiary/aromatic N) is 2. The summed E-state index contributed by atoms with van der Waals surface area (Å²) in [5.41, 5.74) is -0.887. The third kappa shape index (κ3) is 4.65. The smallest absolute Gasteiger partial charge is 0.242 e. The number of rotatable bonds is 7. The molecule has 0 aliphatic heterocycles. The average Bonchev–Trinajstić information content (AvgIpc) is 2.28. The minimum Gasteiger partial charge on any atom is -0.341 e. The van der Waals surface area contributed by atoms with Gasteiger partial charge in [-0.05, 0) is 26.7 Å². The highest BCUT2D eigenvalue weighted by Gasteiger charge is 2.31. The van der Waals surface area contributed by atoms with Gasteiger partial charge in [-0.2, -0.15) is 5.26 Å². The van der Waals surface area contributed by atoms with Crippen LogP contribution >= 0.6 is 0 Å². The number of unbranched alkanes of at least 4 members (excludes halogenated alkanes) is 2. The third-order valence-corrected chi connectivity index (χ3v) is 2.66. The molecule has 0 radical (unpaired) electrons. The quantitative estimate of drug-likeness (QED) is 0.667. The van der Waals surface area contributed by atoms with Crippen molar-refractivity contribution in [3.8, 4) is 6.07 Å². The molecule has 0 unspecified atom stereocenters. The van der Waals surface area contributed by atoms with Gasteiger partial charge in [-0.15, -0.1) is 0 Å². The van der Waals surface area contributed by atoms with Gasteiger partial charge >= 0.3 is 0 Å². The van der Waals surface area contributed by atoms with Crippen LogP contribution in [0, 0.1) is 16.7 Å². The zero-order valence-electron chi connectivity index (χ0n) is 11.0. The Balaban J connectivity index is 4.49. The molecule has 0 N–H and O–H groups in total. The highest BCUT2D eigenvalue weighted by Crippen LogP contribution is 2.18. The summed E-state index contributed by atoms with van der Waals surface area (Å²) < 4.78 is 0. The summed E-state index contributed by atoms with van der Waals surface area (Å²) in [6.07, 6.45) is 4.17. The second-order valence-corrected chi connectivity index (χ2v) is 4.74. The predicted octanol–water partition coefficient (Wildman–Crippen LogP) is 2.96. The minimum absolute atomic E-state index is 0.0306. The lowest BCUT2D eigenvalue weighted by molar-refractivity contribution is -0.137. The topological polar surface area (TPSA) is 44.1 Å². The van der Waals surface area contributed by atoms with Gasteiger partial charge in [0.25, 0.3) is 0 Å². The Morgan fingerprint density at radius 2 is 1.62 bits per heavy atom. The molecule has 0 aromatic rings. The van der Waals surface area contributed by atoms with Crippen molar-refractivity contribution < 1.29 is 4.79 Å². The van der Waals surface area contributed by atoms with Gasteiger partial charge in [-0.3, -0.25) is 4.79 Å². The highest BCUT2D eigenvalue weighted by atomic mass is 16.2. The van der Waals surface area contributed by atoms with E-state index in [9.17, 15) is 4.79 Å². The van der Waals surface area contributed by atoms with E-state index in [1.165, 1.54) is 0 Å². The van der Waals surface area contributed by atoms with Crippen LogP contribution in [0.15, 0.2) is 0 Å². The number of hydrogen-bond acceptors (Lipinski definition) is 2. The van der Waals surface area contributed by atoms with Gasteiger partial charge in [0.05, 0.1) is 6.07 Å². The van der Waals surface area contributed by atoms with Crippen LogP contribution in [0.5, 0.6) is 0 Å². The molecule has 0 heterocycles. The summed E-state index contributed by atoms with van der Waals surface area (Å²) in [5, 5.41) is 8.97. The maximum Gasteiger partial charge on any atom is 0.242 e. The van der Waals surface area contributed by atoms with Crippen LogP contribution in [-0.4, -0.2) is 23.9 Å². The van der Waals surface area contributed by atoms with Crippen LogP contribution in [0.25, 0.3) is 0 Å². The SMILES string of the molecule is CCCCN(CCCC)C(=O)C(C)(C)C#N. The van der Waals surface area contributed by atoms with E-state index < -0.39 is 5.41 Å². The lowest BCUT2D eigenvalue weighted by atomic mass is 9.93. The first-order valence-electron chi connectivity index (χ1n) is 6.20. The number of carbonyl (C=O) groups excluding carboxylic acids is 1. The van der Waals surface area contributed by atoms with E-state index >= 15 is 0 Å². The van der Waals surface area contributed by atoms with Crippen molar-refractivity contribution in [2.75, 3.05) is 13.1 Å². The summed E-state index contributed by atoms with van der Waals surface area (Å²) in [5.74, 6) is -0.0306. The monoisotopic (exact) mass is 224 g/mol. The fourth-order valence-electron chi connectivity index (χ4n) is 1.46. The molecule has 0 fully saturated rings. The molecule has 0 rings (SSSR count). The number of carbonyl (C=O) groups is 1. The van der Waals surface area contributed by atoms with E-state index in [0.717, 1.165) is 38.8 Å². The van der Waals surface area contributed by atoms with Crippen molar-refractivity contribution in [3.05, 3.63) is 0 Å².